The SMILES string of the molecule is CCN1CCN(c2nc(C)nc3c2CN(C(=O)NC(C)(C)C)CC3)CC1. The Morgan fingerprint density at radius 3 is 2.42 bits per heavy atom. The van der Waals surface area contributed by atoms with Gasteiger partial charge in [-0.15, -0.1) is 0 Å². The second kappa shape index (κ2) is 7.39. The lowest BCUT2D eigenvalue weighted by Gasteiger charge is -2.38. The summed E-state index contributed by atoms with van der Waals surface area (Å²) < 4.78 is 0. The van der Waals surface area contributed by atoms with E-state index in [0.29, 0.717) is 13.1 Å². The fourth-order valence-electron chi connectivity index (χ4n) is 3.63. The Kier molecular flexibility index (Phi) is 5.37. The van der Waals surface area contributed by atoms with Crippen molar-refractivity contribution in [1.29, 1.82) is 0 Å². The second-order valence-electron chi connectivity index (χ2n) is 8.29. The minimum Gasteiger partial charge on any atom is -0.354 e. The number of nitrogens with one attached hydrogen (secondary N) is 1. The molecule has 0 radical (unpaired) electrons. The summed E-state index contributed by atoms with van der Waals surface area (Å²) in [6.07, 6.45) is 0.790. The molecule has 1 aromatic heterocycles. The van der Waals surface area contributed by atoms with Crippen LogP contribution in [0.5, 0.6) is 0 Å². The van der Waals surface area contributed by atoms with E-state index < -0.39 is 0 Å². The molecule has 0 aliphatic carbocycles. The number of piperazine rings is 1. The number of aromatic nitrogens is 2. The molecule has 1 N–H and O–H groups in total. The molecular formula is C19H32N6O. The average molecular weight is 361 g/mol. The van der Waals surface area contributed by atoms with E-state index in [-0.39, 0.29) is 11.6 Å². The number of rotatable bonds is 2. The van der Waals surface area contributed by atoms with Gasteiger partial charge in [0.05, 0.1) is 12.2 Å². The van der Waals surface area contributed by atoms with Crippen molar-refractivity contribution >= 4 is 11.8 Å². The molecule has 7 nitrogen and oxygen atoms in total. The summed E-state index contributed by atoms with van der Waals surface area (Å²) in [7, 11) is 0. The summed E-state index contributed by atoms with van der Waals surface area (Å²) in [5.74, 6) is 1.85. The molecule has 2 aliphatic rings. The number of amides is 2. The topological polar surface area (TPSA) is 64.6 Å². The smallest absolute Gasteiger partial charge is 0.318 e. The molecule has 2 aliphatic heterocycles. The molecule has 0 aromatic carbocycles. The highest BCUT2D eigenvalue weighted by Crippen LogP contribution is 2.27. The molecule has 3 heterocycles. The Morgan fingerprint density at radius 1 is 1.12 bits per heavy atom. The second-order valence-corrected chi connectivity index (χ2v) is 8.29. The number of urea groups is 1. The first-order valence-corrected chi connectivity index (χ1v) is 9.67. The Bertz CT molecular complexity index is 661. The van der Waals surface area contributed by atoms with E-state index in [2.05, 4.69) is 27.0 Å². The van der Waals surface area contributed by atoms with Crippen LogP contribution < -0.4 is 10.2 Å². The van der Waals surface area contributed by atoms with Crippen LogP contribution >= 0.6 is 0 Å². The molecular weight excluding hydrogens is 328 g/mol. The number of hydrogen-bond acceptors (Lipinski definition) is 5. The molecule has 0 unspecified atom stereocenters. The summed E-state index contributed by atoms with van der Waals surface area (Å²) in [4.78, 5) is 28.8. The number of likely N-dealkylation sites (N-methyl/N-ethyl adjacent to an activating group) is 1. The minimum absolute atomic E-state index is 0.00882. The van der Waals surface area contributed by atoms with Gasteiger partial charge in [-0.25, -0.2) is 14.8 Å². The van der Waals surface area contributed by atoms with Crippen LogP contribution in [0, 0.1) is 6.92 Å². The van der Waals surface area contributed by atoms with E-state index in [1.165, 1.54) is 0 Å². The van der Waals surface area contributed by atoms with E-state index in [4.69, 9.17) is 4.98 Å². The van der Waals surface area contributed by atoms with Crippen LogP contribution in [0.4, 0.5) is 10.6 Å². The van der Waals surface area contributed by atoms with Gasteiger partial charge >= 0.3 is 6.03 Å². The number of aryl methyl sites for hydroxylation is 1. The Morgan fingerprint density at radius 2 is 1.81 bits per heavy atom. The molecule has 1 saturated heterocycles. The number of nitrogens with zero attached hydrogens (tertiary/aromatic N) is 5. The zero-order valence-electron chi connectivity index (χ0n) is 16.8. The van der Waals surface area contributed by atoms with E-state index in [1.807, 2.05) is 32.6 Å². The average Bonchev–Trinajstić information content (AvgIpc) is 2.59. The van der Waals surface area contributed by atoms with E-state index in [9.17, 15) is 4.79 Å². The molecule has 144 valence electrons. The molecule has 0 bridgehead atoms. The van der Waals surface area contributed by atoms with Gasteiger partial charge in [0, 0.05) is 50.2 Å². The first-order valence-electron chi connectivity index (χ1n) is 9.67. The molecule has 1 aromatic rings. The third kappa shape index (κ3) is 4.26. The van der Waals surface area contributed by atoms with Crippen molar-refractivity contribution in [3.05, 3.63) is 17.1 Å². The normalized spacial score (nSPS) is 18.7. The summed E-state index contributed by atoms with van der Waals surface area (Å²) in [6, 6.07) is -0.00882. The van der Waals surface area contributed by atoms with Crippen molar-refractivity contribution in [1.82, 2.24) is 25.1 Å². The van der Waals surface area contributed by atoms with Gasteiger partial charge in [0.25, 0.3) is 0 Å². The Hall–Kier alpha value is -1.89. The van der Waals surface area contributed by atoms with Gasteiger partial charge in [-0.3, -0.25) is 0 Å². The van der Waals surface area contributed by atoms with Crippen molar-refractivity contribution in [3.8, 4) is 0 Å². The van der Waals surface area contributed by atoms with Gasteiger partial charge < -0.3 is 20.0 Å². The first kappa shape index (κ1) is 18.9. The maximum absolute atomic E-state index is 12.6. The van der Waals surface area contributed by atoms with Gasteiger partial charge in [-0.2, -0.15) is 0 Å². The maximum atomic E-state index is 12.6. The minimum atomic E-state index is -0.236. The van der Waals surface area contributed by atoms with Gasteiger partial charge in [0.1, 0.15) is 11.6 Å². The van der Waals surface area contributed by atoms with Crippen LogP contribution in [0.1, 0.15) is 44.8 Å². The van der Waals surface area contributed by atoms with Crippen LogP contribution in [0.15, 0.2) is 0 Å². The molecule has 0 saturated carbocycles. The molecule has 7 heteroatoms. The summed E-state index contributed by atoms with van der Waals surface area (Å²) >= 11 is 0. The van der Waals surface area contributed by atoms with E-state index in [0.717, 1.165) is 62.0 Å². The molecule has 0 spiro atoms. The highest BCUT2D eigenvalue weighted by molar-refractivity contribution is 5.75. The van der Waals surface area contributed by atoms with Crippen molar-refractivity contribution in [3.63, 3.8) is 0 Å². The lowest BCUT2D eigenvalue weighted by molar-refractivity contribution is 0.182. The first-order chi connectivity index (χ1) is 12.3. The van der Waals surface area contributed by atoms with Gasteiger partial charge in [0.15, 0.2) is 0 Å². The zero-order valence-corrected chi connectivity index (χ0v) is 16.8. The largest absolute Gasteiger partial charge is 0.354 e. The number of carbonyl (C=O) groups excluding carboxylic acids is 1. The quantitative estimate of drug-likeness (QED) is 0.871. The zero-order chi connectivity index (χ0) is 18.9. The maximum Gasteiger partial charge on any atom is 0.318 e. The monoisotopic (exact) mass is 360 g/mol. The number of carbonyl (C=O) groups is 1. The molecule has 0 atom stereocenters. The lowest BCUT2D eigenvalue weighted by atomic mass is 10.0. The highest BCUT2D eigenvalue weighted by Gasteiger charge is 2.29. The van der Waals surface area contributed by atoms with Crippen molar-refractivity contribution in [2.45, 2.75) is 53.1 Å². The third-order valence-electron chi connectivity index (χ3n) is 5.04. The van der Waals surface area contributed by atoms with Crippen molar-refractivity contribution < 1.29 is 4.79 Å². The highest BCUT2D eigenvalue weighted by atomic mass is 16.2. The predicted molar refractivity (Wildman–Crippen MR) is 103 cm³/mol. The van der Waals surface area contributed by atoms with Gasteiger partial charge in [-0.1, -0.05) is 6.92 Å². The number of hydrogen-bond donors (Lipinski definition) is 1. The Labute approximate surface area is 156 Å². The van der Waals surface area contributed by atoms with Crippen LogP contribution in [-0.2, 0) is 13.0 Å². The fraction of sp³-hybridized carbons (Fsp3) is 0.737. The molecule has 2 amide bonds. The lowest BCUT2D eigenvalue weighted by Crippen LogP contribution is -2.50. The van der Waals surface area contributed by atoms with Crippen molar-refractivity contribution in [2.75, 3.05) is 44.2 Å². The van der Waals surface area contributed by atoms with Crippen LogP contribution in [0.25, 0.3) is 0 Å². The standard InChI is InChI=1S/C19H32N6O/c1-6-23-9-11-24(12-10-23)17-15-13-25(18(26)22-19(3,4)5)8-7-16(15)20-14(2)21-17/h6-13H2,1-5H3,(H,22,26). The van der Waals surface area contributed by atoms with Crippen molar-refractivity contribution in [2.24, 2.45) is 0 Å². The van der Waals surface area contributed by atoms with Gasteiger partial charge in [0.2, 0.25) is 0 Å². The predicted octanol–water partition coefficient (Wildman–Crippen LogP) is 1.79. The molecule has 3 rings (SSSR count). The summed E-state index contributed by atoms with van der Waals surface area (Å²) in [5.41, 5.74) is 1.99. The van der Waals surface area contributed by atoms with E-state index >= 15 is 0 Å². The molecule has 1 fully saturated rings. The van der Waals surface area contributed by atoms with Crippen LogP contribution in [-0.4, -0.2) is 70.6 Å². The summed E-state index contributed by atoms with van der Waals surface area (Å²) in [6.45, 7) is 16.6. The third-order valence-corrected chi connectivity index (χ3v) is 5.04. The number of fused-ring (bicyclic) bond motifs is 1. The van der Waals surface area contributed by atoms with Crippen LogP contribution in [0.3, 0.4) is 0 Å². The number of anilines is 1. The van der Waals surface area contributed by atoms with Gasteiger partial charge in [-0.05, 0) is 34.2 Å². The fourth-order valence-corrected chi connectivity index (χ4v) is 3.63. The van der Waals surface area contributed by atoms with E-state index in [1.54, 1.807) is 0 Å². The van der Waals surface area contributed by atoms with Crippen LogP contribution in [0.2, 0.25) is 0 Å². The Balaban J connectivity index is 1.81. The summed E-state index contributed by atoms with van der Waals surface area (Å²) in [5, 5.41) is 3.07. The molecule has 26 heavy (non-hydrogen) atoms.